The number of amides is 1. The number of carboxylic acids is 1. The van der Waals surface area contributed by atoms with Crippen LogP contribution in [0.3, 0.4) is 0 Å². The highest BCUT2D eigenvalue weighted by Crippen LogP contribution is 2.33. The molecule has 0 aliphatic carbocycles. The molecule has 0 aromatic heterocycles. The number of carboxylic acid groups (broad SMARTS) is 1. The van der Waals surface area contributed by atoms with Crippen LogP contribution < -0.4 is 5.32 Å². The van der Waals surface area contributed by atoms with Gasteiger partial charge >= 0.3 is 5.97 Å². The molecule has 1 atom stereocenters. The highest BCUT2D eigenvalue weighted by Gasteiger charge is 2.48. The Labute approximate surface area is 102 Å². The second-order valence-corrected chi connectivity index (χ2v) is 4.52. The second-order valence-electron chi connectivity index (χ2n) is 4.52. The maximum absolute atomic E-state index is 12.0. The summed E-state index contributed by atoms with van der Waals surface area (Å²) in [5, 5.41) is 12.4. The fourth-order valence-electron chi connectivity index (χ4n) is 2.57. The maximum atomic E-state index is 12.0. The van der Waals surface area contributed by atoms with Gasteiger partial charge in [0.05, 0.1) is 6.54 Å². The zero-order chi connectivity index (χ0) is 12.9. The summed E-state index contributed by atoms with van der Waals surface area (Å²) in [7, 11) is 0. The second kappa shape index (κ2) is 6.00. The van der Waals surface area contributed by atoms with E-state index >= 15 is 0 Å². The summed E-state index contributed by atoms with van der Waals surface area (Å²) in [6, 6.07) is 0. The van der Waals surface area contributed by atoms with Crippen LogP contribution in [-0.4, -0.2) is 47.1 Å². The lowest BCUT2D eigenvalue weighted by molar-refractivity contribution is -0.156. The number of carbonyl (C=O) groups is 2. The molecule has 0 saturated carbocycles. The van der Waals surface area contributed by atoms with Crippen LogP contribution in [0.1, 0.15) is 39.5 Å². The first-order valence-corrected chi connectivity index (χ1v) is 6.33. The Kier molecular flexibility index (Phi) is 4.93. The van der Waals surface area contributed by atoms with Gasteiger partial charge in [-0.25, -0.2) is 4.79 Å². The minimum atomic E-state index is -0.957. The molecule has 98 valence electrons. The predicted molar refractivity (Wildman–Crippen MR) is 64.8 cm³/mol. The van der Waals surface area contributed by atoms with Crippen molar-refractivity contribution in [1.29, 1.82) is 0 Å². The van der Waals surface area contributed by atoms with Crippen molar-refractivity contribution >= 4 is 11.9 Å². The molecule has 5 heteroatoms. The molecule has 1 fully saturated rings. The van der Waals surface area contributed by atoms with E-state index in [1.807, 2.05) is 13.8 Å². The Morgan fingerprint density at radius 3 is 2.65 bits per heavy atom. The largest absolute Gasteiger partial charge is 0.479 e. The van der Waals surface area contributed by atoms with Gasteiger partial charge in [0.1, 0.15) is 5.54 Å². The number of hydrogen-bond donors (Lipinski definition) is 2. The third kappa shape index (κ3) is 2.77. The average molecular weight is 242 g/mol. The molecule has 1 rings (SSSR count). The van der Waals surface area contributed by atoms with Crippen molar-refractivity contribution < 1.29 is 14.7 Å². The summed E-state index contributed by atoms with van der Waals surface area (Å²) >= 11 is 0. The number of rotatable bonds is 6. The van der Waals surface area contributed by atoms with Crippen LogP contribution in [0.15, 0.2) is 0 Å². The Bertz CT molecular complexity index is 293. The van der Waals surface area contributed by atoms with Crippen LogP contribution in [0, 0.1) is 0 Å². The summed E-state index contributed by atoms with van der Waals surface area (Å²) in [4.78, 5) is 25.0. The average Bonchev–Trinajstić information content (AvgIpc) is 2.71. The van der Waals surface area contributed by atoms with Crippen molar-refractivity contribution in [3.63, 3.8) is 0 Å². The van der Waals surface area contributed by atoms with E-state index < -0.39 is 11.5 Å². The van der Waals surface area contributed by atoms with E-state index in [9.17, 15) is 14.7 Å². The van der Waals surface area contributed by atoms with Crippen molar-refractivity contribution in [1.82, 2.24) is 10.2 Å². The van der Waals surface area contributed by atoms with Crippen LogP contribution in [0.25, 0.3) is 0 Å². The molecular formula is C12H22N2O3. The van der Waals surface area contributed by atoms with Gasteiger partial charge in [0.2, 0.25) is 5.91 Å². The summed E-state index contributed by atoms with van der Waals surface area (Å²) in [6.45, 7) is 5.39. The van der Waals surface area contributed by atoms with Gasteiger partial charge in [-0.1, -0.05) is 20.3 Å². The molecule has 0 spiro atoms. The Morgan fingerprint density at radius 2 is 2.12 bits per heavy atom. The van der Waals surface area contributed by atoms with Crippen LogP contribution in [-0.2, 0) is 9.59 Å². The summed E-state index contributed by atoms with van der Waals surface area (Å²) in [5.74, 6) is -0.957. The lowest BCUT2D eigenvalue weighted by Crippen LogP contribution is -2.54. The molecule has 1 heterocycles. The zero-order valence-corrected chi connectivity index (χ0v) is 10.7. The molecule has 0 aromatic rings. The number of hydrogen-bond acceptors (Lipinski definition) is 3. The van der Waals surface area contributed by atoms with Crippen molar-refractivity contribution in [2.45, 2.75) is 45.1 Å². The van der Waals surface area contributed by atoms with Gasteiger partial charge in [-0.15, -0.1) is 0 Å². The standard InChI is InChI=1S/C12H22N2O3/c1-3-6-12(11(16)17)7-5-8-14(12)10(15)9-13-4-2/h13H,3-9H2,1-2H3,(H,16,17). The number of nitrogens with zero attached hydrogens (tertiary/aromatic N) is 1. The highest BCUT2D eigenvalue weighted by molar-refractivity contribution is 5.88. The molecule has 1 aliphatic rings. The first kappa shape index (κ1) is 14.0. The summed E-state index contributed by atoms with van der Waals surface area (Å²) in [6.07, 6.45) is 2.68. The molecule has 2 N–H and O–H groups in total. The molecule has 0 aromatic carbocycles. The third-order valence-electron chi connectivity index (χ3n) is 3.38. The van der Waals surface area contributed by atoms with Crippen LogP contribution >= 0.6 is 0 Å². The SMILES string of the molecule is CCCC1(C(=O)O)CCCN1C(=O)CNCC. The van der Waals surface area contributed by atoms with Gasteiger partial charge in [0.15, 0.2) is 0 Å². The quantitative estimate of drug-likeness (QED) is 0.724. The van der Waals surface area contributed by atoms with Crippen molar-refractivity contribution in [2.75, 3.05) is 19.6 Å². The monoisotopic (exact) mass is 242 g/mol. The van der Waals surface area contributed by atoms with E-state index in [1.54, 1.807) is 4.90 Å². The fraction of sp³-hybridized carbons (Fsp3) is 0.833. The molecule has 1 aliphatic heterocycles. The Balaban J connectivity index is 2.81. The lowest BCUT2D eigenvalue weighted by atomic mass is 9.90. The molecule has 1 unspecified atom stereocenters. The maximum Gasteiger partial charge on any atom is 0.329 e. The Hall–Kier alpha value is -1.10. The van der Waals surface area contributed by atoms with Crippen molar-refractivity contribution in [3.05, 3.63) is 0 Å². The van der Waals surface area contributed by atoms with Gasteiger partial charge in [0.25, 0.3) is 0 Å². The predicted octanol–water partition coefficient (Wildman–Crippen LogP) is 0.842. The molecule has 1 saturated heterocycles. The molecular weight excluding hydrogens is 220 g/mol. The van der Waals surface area contributed by atoms with Gasteiger partial charge in [0, 0.05) is 6.54 Å². The summed E-state index contributed by atoms with van der Waals surface area (Å²) < 4.78 is 0. The molecule has 17 heavy (non-hydrogen) atoms. The van der Waals surface area contributed by atoms with E-state index in [-0.39, 0.29) is 12.5 Å². The molecule has 1 amide bonds. The van der Waals surface area contributed by atoms with Gasteiger partial charge in [-0.3, -0.25) is 4.79 Å². The number of aliphatic carboxylic acids is 1. The number of nitrogens with one attached hydrogen (secondary N) is 1. The number of likely N-dealkylation sites (tertiary alicyclic amines) is 1. The smallest absolute Gasteiger partial charge is 0.329 e. The number of carbonyl (C=O) groups excluding carboxylic acids is 1. The summed E-state index contributed by atoms with van der Waals surface area (Å²) in [5.41, 5.74) is -0.957. The van der Waals surface area contributed by atoms with E-state index in [0.717, 1.165) is 12.8 Å². The minimum Gasteiger partial charge on any atom is -0.479 e. The lowest BCUT2D eigenvalue weighted by Gasteiger charge is -2.34. The van der Waals surface area contributed by atoms with Gasteiger partial charge in [-0.2, -0.15) is 0 Å². The van der Waals surface area contributed by atoms with E-state index in [1.165, 1.54) is 0 Å². The Morgan fingerprint density at radius 1 is 1.41 bits per heavy atom. The van der Waals surface area contributed by atoms with E-state index in [0.29, 0.717) is 25.9 Å². The van der Waals surface area contributed by atoms with Gasteiger partial charge in [-0.05, 0) is 25.8 Å². The molecule has 0 radical (unpaired) electrons. The highest BCUT2D eigenvalue weighted by atomic mass is 16.4. The molecule has 0 bridgehead atoms. The molecule has 5 nitrogen and oxygen atoms in total. The topological polar surface area (TPSA) is 69.6 Å². The van der Waals surface area contributed by atoms with E-state index in [2.05, 4.69) is 5.32 Å². The van der Waals surface area contributed by atoms with Crippen LogP contribution in [0.2, 0.25) is 0 Å². The van der Waals surface area contributed by atoms with Crippen LogP contribution in [0.4, 0.5) is 0 Å². The fourth-order valence-corrected chi connectivity index (χ4v) is 2.57. The first-order chi connectivity index (χ1) is 8.08. The zero-order valence-electron chi connectivity index (χ0n) is 10.7. The third-order valence-corrected chi connectivity index (χ3v) is 3.38. The minimum absolute atomic E-state index is 0.0970. The number of likely N-dealkylation sites (N-methyl/N-ethyl adjacent to an activating group) is 1. The van der Waals surface area contributed by atoms with Crippen LogP contribution in [0.5, 0.6) is 0 Å². The van der Waals surface area contributed by atoms with Gasteiger partial charge < -0.3 is 15.3 Å². The normalized spacial score (nSPS) is 24.0. The van der Waals surface area contributed by atoms with E-state index in [4.69, 9.17) is 0 Å². The first-order valence-electron chi connectivity index (χ1n) is 6.33. The van der Waals surface area contributed by atoms with Crippen molar-refractivity contribution in [3.8, 4) is 0 Å². The van der Waals surface area contributed by atoms with Crippen molar-refractivity contribution in [2.24, 2.45) is 0 Å².